The zero-order valence-electron chi connectivity index (χ0n) is 9.61. The van der Waals surface area contributed by atoms with Crippen molar-refractivity contribution in [2.45, 2.75) is 32.8 Å². The molecule has 0 amide bonds. The Labute approximate surface area is 106 Å². The predicted octanol–water partition coefficient (Wildman–Crippen LogP) is 4.43. The monoisotopic (exact) mass is 256 g/mol. The summed E-state index contributed by atoms with van der Waals surface area (Å²) in [7, 11) is 0. The third-order valence-electron chi connectivity index (χ3n) is 3.19. The molecule has 1 N–H and O–H groups in total. The van der Waals surface area contributed by atoms with Crippen LogP contribution in [-0.2, 0) is 0 Å². The van der Waals surface area contributed by atoms with E-state index in [0.717, 1.165) is 17.7 Å². The molecule has 1 aliphatic rings. The van der Waals surface area contributed by atoms with Gasteiger partial charge in [-0.25, -0.2) is 0 Å². The molecular formula is C13H17ClOS. The quantitative estimate of drug-likeness (QED) is 0.777. The standard InChI is InChI=1S/C13H17ClOS/c1-8-5-9(2)7-10(6-8)12(15)13-11(14)3-4-16-13/h3-5,8,10,12,15H,6-7H2,1-2H3. The van der Waals surface area contributed by atoms with Crippen LogP contribution in [0.5, 0.6) is 0 Å². The molecule has 0 saturated heterocycles. The molecule has 1 aromatic heterocycles. The second kappa shape index (κ2) is 4.91. The molecule has 16 heavy (non-hydrogen) atoms. The van der Waals surface area contributed by atoms with Crippen molar-refractivity contribution in [3.8, 4) is 0 Å². The number of rotatable bonds is 2. The molecule has 1 nitrogen and oxygen atoms in total. The number of thiophene rings is 1. The van der Waals surface area contributed by atoms with Crippen molar-refractivity contribution >= 4 is 22.9 Å². The number of allylic oxidation sites excluding steroid dienone is 2. The van der Waals surface area contributed by atoms with Crippen molar-refractivity contribution in [1.29, 1.82) is 0 Å². The summed E-state index contributed by atoms with van der Waals surface area (Å²) in [5.74, 6) is 0.878. The molecule has 1 aromatic rings. The Hall–Kier alpha value is -0.310. The Morgan fingerprint density at radius 1 is 1.56 bits per heavy atom. The van der Waals surface area contributed by atoms with E-state index in [1.165, 1.54) is 5.57 Å². The SMILES string of the molecule is CC1=CC(C)CC(C(O)c2sccc2Cl)C1. The minimum atomic E-state index is -0.404. The number of hydrogen-bond acceptors (Lipinski definition) is 2. The van der Waals surface area contributed by atoms with E-state index in [4.69, 9.17) is 11.6 Å². The third-order valence-corrected chi connectivity index (χ3v) is 4.62. The summed E-state index contributed by atoms with van der Waals surface area (Å²) in [5, 5.41) is 13.0. The van der Waals surface area contributed by atoms with Gasteiger partial charge in [-0.3, -0.25) is 0 Å². The van der Waals surface area contributed by atoms with Crippen molar-refractivity contribution in [1.82, 2.24) is 0 Å². The van der Waals surface area contributed by atoms with Crippen LogP contribution in [0.4, 0.5) is 0 Å². The Morgan fingerprint density at radius 2 is 2.31 bits per heavy atom. The Balaban J connectivity index is 2.15. The van der Waals surface area contributed by atoms with Gasteiger partial charge < -0.3 is 5.11 Å². The summed E-state index contributed by atoms with van der Waals surface area (Å²) < 4.78 is 0. The minimum absolute atomic E-state index is 0.316. The van der Waals surface area contributed by atoms with E-state index in [0.29, 0.717) is 16.9 Å². The van der Waals surface area contributed by atoms with Crippen LogP contribution in [0.3, 0.4) is 0 Å². The fourth-order valence-electron chi connectivity index (χ4n) is 2.57. The second-order valence-electron chi connectivity index (χ2n) is 4.77. The average Bonchev–Trinajstić information content (AvgIpc) is 2.62. The molecule has 0 bridgehead atoms. The molecule has 0 aromatic carbocycles. The number of aliphatic hydroxyl groups is 1. The molecular weight excluding hydrogens is 240 g/mol. The second-order valence-corrected chi connectivity index (χ2v) is 6.12. The summed E-state index contributed by atoms with van der Waals surface area (Å²) in [6, 6.07) is 1.86. The first-order valence-electron chi connectivity index (χ1n) is 5.66. The van der Waals surface area contributed by atoms with Crippen molar-refractivity contribution < 1.29 is 5.11 Å². The fraction of sp³-hybridized carbons (Fsp3) is 0.538. The molecule has 3 atom stereocenters. The lowest BCUT2D eigenvalue weighted by molar-refractivity contribution is 0.0965. The first kappa shape index (κ1) is 12.2. The molecule has 2 rings (SSSR count). The van der Waals surface area contributed by atoms with Gasteiger partial charge in [0.1, 0.15) is 0 Å². The molecule has 0 spiro atoms. The van der Waals surface area contributed by atoms with Crippen LogP contribution < -0.4 is 0 Å². The largest absolute Gasteiger partial charge is 0.387 e. The smallest absolute Gasteiger partial charge is 0.0928 e. The number of hydrogen-bond donors (Lipinski definition) is 1. The Morgan fingerprint density at radius 3 is 2.88 bits per heavy atom. The van der Waals surface area contributed by atoms with Gasteiger partial charge in [0.15, 0.2) is 0 Å². The lowest BCUT2D eigenvalue weighted by Gasteiger charge is -2.29. The summed E-state index contributed by atoms with van der Waals surface area (Å²) in [5.41, 5.74) is 1.38. The highest BCUT2D eigenvalue weighted by molar-refractivity contribution is 7.10. The number of aliphatic hydroxyl groups excluding tert-OH is 1. The van der Waals surface area contributed by atoms with E-state index >= 15 is 0 Å². The van der Waals surface area contributed by atoms with Crippen molar-refractivity contribution in [3.05, 3.63) is 33.0 Å². The van der Waals surface area contributed by atoms with E-state index in [1.54, 1.807) is 11.3 Å². The minimum Gasteiger partial charge on any atom is -0.387 e. The maximum Gasteiger partial charge on any atom is 0.0928 e. The first-order chi connectivity index (χ1) is 7.58. The van der Waals surface area contributed by atoms with Crippen LogP contribution in [0, 0.1) is 11.8 Å². The molecule has 0 fully saturated rings. The Bertz CT molecular complexity index is 396. The molecule has 0 radical (unpaired) electrons. The van der Waals surface area contributed by atoms with Crippen molar-refractivity contribution in [2.24, 2.45) is 11.8 Å². The third kappa shape index (κ3) is 2.50. The van der Waals surface area contributed by atoms with Crippen molar-refractivity contribution in [2.75, 3.05) is 0 Å². The van der Waals surface area contributed by atoms with Crippen LogP contribution in [0.15, 0.2) is 23.1 Å². The van der Waals surface area contributed by atoms with E-state index in [9.17, 15) is 5.11 Å². The maximum absolute atomic E-state index is 10.3. The van der Waals surface area contributed by atoms with Gasteiger partial charge in [-0.05, 0) is 43.0 Å². The maximum atomic E-state index is 10.3. The van der Waals surface area contributed by atoms with Gasteiger partial charge in [0.2, 0.25) is 0 Å². The molecule has 0 saturated carbocycles. The summed E-state index contributed by atoms with van der Waals surface area (Å²) in [6.07, 6.45) is 3.93. The molecule has 88 valence electrons. The van der Waals surface area contributed by atoms with Gasteiger partial charge in [-0.1, -0.05) is 30.2 Å². The highest BCUT2D eigenvalue weighted by atomic mass is 35.5. The van der Waals surface area contributed by atoms with Gasteiger partial charge in [-0.15, -0.1) is 11.3 Å². The lowest BCUT2D eigenvalue weighted by Crippen LogP contribution is -2.18. The molecule has 1 heterocycles. The van der Waals surface area contributed by atoms with Crippen molar-refractivity contribution in [3.63, 3.8) is 0 Å². The molecule has 3 unspecified atom stereocenters. The lowest BCUT2D eigenvalue weighted by atomic mass is 9.80. The van der Waals surface area contributed by atoms with Gasteiger partial charge in [0.25, 0.3) is 0 Å². The number of halogens is 1. The fourth-order valence-corrected chi connectivity index (χ4v) is 3.81. The van der Waals surface area contributed by atoms with E-state index in [2.05, 4.69) is 19.9 Å². The zero-order valence-corrected chi connectivity index (χ0v) is 11.2. The molecule has 1 aliphatic carbocycles. The van der Waals surface area contributed by atoms with Gasteiger partial charge in [-0.2, -0.15) is 0 Å². The van der Waals surface area contributed by atoms with Crippen LogP contribution >= 0.6 is 22.9 Å². The Kier molecular flexibility index (Phi) is 3.73. The highest BCUT2D eigenvalue weighted by Crippen LogP contribution is 2.40. The van der Waals surface area contributed by atoms with Crippen LogP contribution in [0.25, 0.3) is 0 Å². The van der Waals surface area contributed by atoms with Gasteiger partial charge >= 0.3 is 0 Å². The summed E-state index contributed by atoms with van der Waals surface area (Å²) in [6.45, 7) is 4.35. The topological polar surface area (TPSA) is 20.2 Å². The van der Waals surface area contributed by atoms with Crippen LogP contribution in [0.1, 0.15) is 37.7 Å². The summed E-state index contributed by atoms with van der Waals surface area (Å²) >= 11 is 7.61. The molecule has 0 aliphatic heterocycles. The first-order valence-corrected chi connectivity index (χ1v) is 6.92. The van der Waals surface area contributed by atoms with Crippen LogP contribution in [0.2, 0.25) is 5.02 Å². The van der Waals surface area contributed by atoms with E-state index in [-0.39, 0.29) is 0 Å². The summed E-state index contributed by atoms with van der Waals surface area (Å²) in [4.78, 5) is 0.925. The predicted molar refractivity (Wildman–Crippen MR) is 69.9 cm³/mol. The van der Waals surface area contributed by atoms with Crippen LogP contribution in [-0.4, -0.2) is 5.11 Å². The van der Waals surface area contributed by atoms with Gasteiger partial charge in [0.05, 0.1) is 16.0 Å². The normalized spacial score (nSPS) is 27.6. The average molecular weight is 257 g/mol. The highest BCUT2D eigenvalue weighted by Gasteiger charge is 2.27. The van der Waals surface area contributed by atoms with E-state index < -0.39 is 6.10 Å². The van der Waals surface area contributed by atoms with E-state index in [1.807, 2.05) is 11.4 Å². The zero-order chi connectivity index (χ0) is 11.7. The molecule has 3 heteroatoms. The van der Waals surface area contributed by atoms with Gasteiger partial charge in [0, 0.05) is 0 Å².